The first-order valence-electron chi connectivity index (χ1n) is 7.96. The molecular formula is C19H13F3N2O2. The summed E-state index contributed by atoms with van der Waals surface area (Å²) in [5.41, 5.74) is 0.553. The minimum Gasteiger partial charge on any atom is -0.361 e. The van der Waals surface area contributed by atoms with Gasteiger partial charge >= 0.3 is 6.18 Å². The summed E-state index contributed by atoms with van der Waals surface area (Å²) in [6.07, 6.45) is -2.94. The molecule has 26 heavy (non-hydrogen) atoms. The number of hydrogen-bond acceptors (Lipinski definition) is 2. The first-order chi connectivity index (χ1) is 12.4. The SMILES string of the molecule is O=C1CC(c2c[nH]c3ccccc23)C(=O)N1c1cccc(C(F)(F)F)c1. The second kappa shape index (κ2) is 5.72. The van der Waals surface area contributed by atoms with Gasteiger partial charge in [0, 0.05) is 23.5 Å². The van der Waals surface area contributed by atoms with E-state index in [9.17, 15) is 22.8 Å². The summed E-state index contributed by atoms with van der Waals surface area (Å²) in [4.78, 5) is 29.1. The number of nitrogens with zero attached hydrogens (tertiary/aromatic N) is 1. The second-order valence-corrected chi connectivity index (χ2v) is 6.16. The number of H-pyrrole nitrogens is 1. The highest BCUT2D eigenvalue weighted by Gasteiger charge is 2.42. The molecule has 1 aromatic heterocycles. The van der Waals surface area contributed by atoms with Crippen molar-refractivity contribution in [2.45, 2.75) is 18.5 Å². The number of aromatic amines is 1. The van der Waals surface area contributed by atoms with Crippen LogP contribution in [0, 0.1) is 0 Å². The summed E-state index contributed by atoms with van der Waals surface area (Å²) in [6.45, 7) is 0. The molecule has 2 aromatic carbocycles. The van der Waals surface area contributed by atoms with E-state index in [0.717, 1.165) is 27.9 Å². The lowest BCUT2D eigenvalue weighted by atomic mass is 9.97. The largest absolute Gasteiger partial charge is 0.416 e. The zero-order chi connectivity index (χ0) is 18.5. The zero-order valence-corrected chi connectivity index (χ0v) is 13.4. The van der Waals surface area contributed by atoms with Crippen LogP contribution in [0.4, 0.5) is 18.9 Å². The molecule has 1 N–H and O–H groups in total. The number of rotatable bonds is 2. The maximum atomic E-state index is 12.9. The number of carbonyl (C=O) groups is 2. The Morgan fingerprint density at radius 1 is 1.04 bits per heavy atom. The molecule has 4 nitrogen and oxygen atoms in total. The maximum Gasteiger partial charge on any atom is 0.416 e. The van der Waals surface area contributed by atoms with E-state index in [1.54, 1.807) is 6.20 Å². The van der Waals surface area contributed by atoms with E-state index in [2.05, 4.69) is 4.98 Å². The summed E-state index contributed by atoms with van der Waals surface area (Å²) in [5.74, 6) is -1.74. The van der Waals surface area contributed by atoms with Crippen LogP contribution in [0.3, 0.4) is 0 Å². The van der Waals surface area contributed by atoms with Gasteiger partial charge in [-0.05, 0) is 29.8 Å². The van der Waals surface area contributed by atoms with Gasteiger partial charge in [-0.15, -0.1) is 0 Å². The third-order valence-corrected chi connectivity index (χ3v) is 4.57. The minimum atomic E-state index is -4.54. The van der Waals surface area contributed by atoms with Crippen molar-refractivity contribution in [2.75, 3.05) is 4.90 Å². The molecule has 1 unspecified atom stereocenters. The molecule has 0 radical (unpaired) electrons. The number of alkyl halides is 3. The number of amides is 2. The summed E-state index contributed by atoms with van der Waals surface area (Å²) in [6, 6.07) is 11.6. The van der Waals surface area contributed by atoms with E-state index >= 15 is 0 Å². The lowest BCUT2D eigenvalue weighted by Gasteiger charge is -2.17. The van der Waals surface area contributed by atoms with Gasteiger partial charge in [-0.2, -0.15) is 13.2 Å². The predicted octanol–water partition coefficient (Wildman–Crippen LogP) is 4.23. The number of halogens is 3. The summed E-state index contributed by atoms with van der Waals surface area (Å²) < 4.78 is 38.8. The van der Waals surface area contributed by atoms with E-state index in [4.69, 9.17) is 0 Å². The van der Waals surface area contributed by atoms with Gasteiger partial charge in [0.25, 0.3) is 0 Å². The molecule has 4 rings (SSSR count). The molecule has 1 fully saturated rings. The molecule has 0 spiro atoms. The van der Waals surface area contributed by atoms with Crippen molar-refractivity contribution < 1.29 is 22.8 Å². The van der Waals surface area contributed by atoms with Gasteiger partial charge in [0.05, 0.1) is 17.2 Å². The smallest absolute Gasteiger partial charge is 0.361 e. The van der Waals surface area contributed by atoms with Crippen LogP contribution in [0.15, 0.2) is 54.7 Å². The Bertz CT molecular complexity index is 1020. The molecule has 7 heteroatoms. The average Bonchev–Trinajstić information content (AvgIpc) is 3.15. The van der Waals surface area contributed by atoms with E-state index in [0.29, 0.717) is 5.56 Å². The topological polar surface area (TPSA) is 53.2 Å². The molecule has 2 heterocycles. The van der Waals surface area contributed by atoms with Crippen molar-refractivity contribution in [3.05, 3.63) is 65.9 Å². The maximum absolute atomic E-state index is 12.9. The van der Waals surface area contributed by atoms with Crippen LogP contribution >= 0.6 is 0 Å². The molecule has 1 atom stereocenters. The number of aromatic nitrogens is 1. The second-order valence-electron chi connectivity index (χ2n) is 6.16. The van der Waals surface area contributed by atoms with Crippen LogP contribution in [0.2, 0.25) is 0 Å². The highest BCUT2D eigenvalue weighted by atomic mass is 19.4. The number of benzene rings is 2. The van der Waals surface area contributed by atoms with E-state index < -0.39 is 29.5 Å². The fourth-order valence-corrected chi connectivity index (χ4v) is 3.35. The first-order valence-corrected chi connectivity index (χ1v) is 7.96. The Hall–Kier alpha value is -3.09. The Morgan fingerprint density at radius 2 is 1.81 bits per heavy atom. The van der Waals surface area contributed by atoms with Crippen molar-refractivity contribution in [3.63, 3.8) is 0 Å². The molecule has 0 aliphatic carbocycles. The molecule has 1 saturated heterocycles. The van der Waals surface area contributed by atoms with Crippen molar-refractivity contribution >= 4 is 28.4 Å². The molecule has 1 aliphatic rings. The van der Waals surface area contributed by atoms with Gasteiger partial charge in [-0.1, -0.05) is 24.3 Å². The Balaban J connectivity index is 1.72. The van der Waals surface area contributed by atoms with Crippen LogP contribution in [0.25, 0.3) is 10.9 Å². The number of carbonyl (C=O) groups excluding carboxylic acids is 2. The Labute approximate surface area is 146 Å². The number of hydrogen-bond donors (Lipinski definition) is 1. The van der Waals surface area contributed by atoms with E-state index in [1.807, 2.05) is 24.3 Å². The lowest BCUT2D eigenvalue weighted by molar-refractivity contribution is -0.137. The third-order valence-electron chi connectivity index (χ3n) is 4.57. The van der Waals surface area contributed by atoms with Gasteiger partial charge in [-0.3, -0.25) is 9.59 Å². The van der Waals surface area contributed by atoms with Gasteiger partial charge in [0.15, 0.2) is 0 Å². The van der Waals surface area contributed by atoms with Crippen molar-refractivity contribution in [1.29, 1.82) is 0 Å². The van der Waals surface area contributed by atoms with Crippen LogP contribution in [0.5, 0.6) is 0 Å². The summed E-state index contributed by atoms with van der Waals surface area (Å²) in [7, 11) is 0. The monoisotopic (exact) mass is 358 g/mol. The minimum absolute atomic E-state index is 0.0582. The van der Waals surface area contributed by atoms with Gasteiger partial charge in [0.1, 0.15) is 0 Å². The van der Waals surface area contributed by atoms with Gasteiger partial charge < -0.3 is 4.98 Å². The van der Waals surface area contributed by atoms with Gasteiger partial charge in [-0.25, -0.2) is 4.90 Å². The average molecular weight is 358 g/mol. The highest BCUT2D eigenvalue weighted by molar-refractivity contribution is 6.23. The highest BCUT2D eigenvalue weighted by Crippen LogP contribution is 2.38. The van der Waals surface area contributed by atoms with E-state index in [1.165, 1.54) is 12.1 Å². The lowest BCUT2D eigenvalue weighted by Crippen LogP contribution is -2.30. The number of para-hydroxylation sites is 1. The standard InChI is InChI=1S/C19H13F3N2O2/c20-19(21,22)11-4-3-5-12(8-11)24-17(25)9-14(18(24)26)15-10-23-16-7-2-1-6-13(15)16/h1-8,10,14,23H,9H2. The summed E-state index contributed by atoms with van der Waals surface area (Å²) >= 11 is 0. The zero-order valence-electron chi connectivity index (χ0n) is 13.4. The Kier molecular flexibility index (Phi) is 3.61. The number of anilines is 1. The van der Waals surface area contributed by atoms with Crippen LogP contribution < -0.4 is 4.90 Å². The summed E-state index contributed by atoms with van der Waals surface area (Å²) in [5, 5.41) is 0.824. The van der Waals surface area contributed by atoms with Crippen LogP contribution in [-0.4, -0.2) is 16.8 Å². The fourth-order valence-electron chi connectivity index (χ4n) is 3.35. The first kappa shape index (κ1) is 16.4. The number of nitrogens with one attached hydrogen (secondary N) is 1. The molecule has 2 amide bonds. The van der Waals surface area contributed by atoms with E-state index in [-0.39, 0.29) is 12.1 Å². The molecular weight excluding hydrogens is 345 g/mol. The molecule has 132 valence electrons. The third kappa shape index (κ3) is 2.56. The quantitative estimate of drug-likeness (QED) is 0.697. The van der Waals surface area contributed by atoms with Gasteiger partial charge in [0.2, 0.25) is 11.8 Å². The predicted molar refractivity (Wildman–Crippen MR) is 89.6 cm³/mol. The number of fused-ring (bicyclic) bond motifs is 1. The van der Waals surface area contributed by atoms with Crippen LogP contribution in [0.1, 0.15) is 23.5 Å². The molecule has 3 aromatic rings. The molecule has 1 aliphatic heterocycles. The number of imide groups is 1. The van der Waals surface area contributed by atoms with Crippen molar-refractivity contribution in [2.24, 2.45) is 0 Å². The molecule has 0 saturated carbocycles. The van der Waals surface area contributed by atoms with Crippen LogP contribution in [-0.2, 0) is 15.8 Å². The fraction of sp³-hybridized carbons (Fsp3) is 0.158. The van der Waals surface area contributed by atoms with Crippen molar-refractivity contribution in [3.8, 4) is 0 Å². The normalized spacial score (nSPS) is 18.1. The molecule has 0 bridgehead atoms. The Morgan fingerprint density at radius 3 is 2.58 bits per heavy atom. The van der Waals surface area contributed by atoms with Crippen molar-refractivity contribution in [1.82, 2.24) is 4.98 Å².